The van der Waals surface area contributed by atoms with Gasteiger partial charge in [-0.2, -0.15) is 13.2 Å². The lowest BCUT2D eigenvalue weighted by molar-refractivity contribution is -0.163. The van der Waals surface area contributed by atoms with E-state index in [0.717, 1.165) is 0 Å². The van der Waals surface area contributed by atoms with E-state index in [-0.39, 0.29) is 11.1 Å². The van der Waals surface area contributed by atoms with Crippen molar-refractivity contribution in [3.05, 3.63) is 59.7 Å². The summed E-state index contributed by atoms with van der Waals surface area (Å²) in [5, 5.41) is 4.18. The molecule has 2 aromatic rings. The van der Waals surface area contributed by atoms with E-state index in [0.29, 0.717) is 11.5 Å². The number of methoxy groups -OCH3 is 2. The highest BCUT2D eigenvalue weighted by Crippen LogP contribution is 2.32. The lowest BCUT2D eigenvalue weighted by Gasteiger charge is -2.22. The van der Waals surface area contributed by atoms with Crippen LogP contribution in [-0.4, -0.2) is 38.8 Å². The molecule has 0 fully saturated rings. The van der Waals surface area contributed by atoms with Gasteiger partial charge in [-0.3, -0.25) is 9.59 Å². The van der Waals surface area contributed by atoms with Gasteiger partial charge in [0.15, 0.2) is 17.5 Å². The number of rotatable bonds is 7. The highest BCUT2D eigenvalue weighted by molar-refractivity contribution is 5.97. The van der Waals surface area contributed by atoms with Gasteiger partial charge in [0.25, 0.3) is 5.91 Å². The predicted molar refractivity (Wildman–Crippen MR) is 95.3 cm³/mol. The average Bonchev–Trinajstić information content (AvgIpc) is 2.69. The molecule has 6 nitrogen and oxygen atoms in total. The summed E-state index contributed by atoms with van der Waals surface area (Å²) >= 11 is 0. The van der Waals surface area contributed by atoms with Gasteiger partial charge in [-0.15, -0.1) is 0 Å². The average molecular weight is 396 g/mol. The second-order valence-corrected chi connectivity index (χ2v) is 5.71. The molecule has 1 atom stereocenters. The van der Waals surface area contributed by atoms with Crippen LogP contribution in [0.5, 0.6) is 11.5 Å². The molecule has 0 aliphatic rings. The summed E-state index contributed by atoms with van der Waals surface area (Å²) in [6, 6.07) is 9.16. The van der Waals surface area contributed by atoms with E-state index in [1.165, 1.54) is 56.7 Å². The number of nitrogens with one attached hydrogen (secondary N) is 2. The molecule has 1 unspecified atom stereocenters. The molecular weight excluding hydrogens is 377 g/mol. The van der Waals surface area contributed by atoms with Gasteiger partial charge in [-0.25, -0.2) is 0 Å². The minimum atomic E-state index is -4.68. The minimum Gasteiger partial charge on any atom is -0.493 e. The van der Waals surface area contributed by atoms with E-state index in [9.17, 15) is 22.8 Å². The molecule has 0 spiro atoms. The maximum atomic E-state index is 13.3. The van der Waals surface area contributed by atoms with Crippen LogP contribution < -0.4 is 20.1 Å². The molecule has 0 radical (unpaired) electrons. The van der Waals surface area contributed by atoms with Crippen LogP contribution in [0.2, 0.25) is 0 Å². The molecule has 0 saturated heterocycles. The highest BCUT2D eigenvalue weighted by atomic mass is 19.4. The van der Waals surface area contributed by atoms with Crippen molar-refractivity contribution < 1.29 is 32.2 Å². The number of carbonyl (C=O) groups is 2. The summed E-state index contributed by atoms with van der Waals surface area (Å²) in [5.41, 5.74) is 0.0652. The van der Waals surface area contributed by atoms with Crippen LogP contribution in [0.4, 0.5) is 13.2 Å². The van der Waals surface area contributed by atoms with E-state index in [1.54, 1.807) is 6.07 Å². The smallest absolute Gasteiger partial charge is 0.412 e. The standard InChI is InChI=1S/C19H19F3N2O4/c1-27-14-9-8-13(10-15(14)28-2)18(26)23-11-16(25)24-17(19(20,21)22)12-6-4-3-5-7-12/h3-10,17H,11H2,1-2H3,(H,23,26)(H,24,25). The molecule has 0 heterocycles. The molecule has 150 valence electrons. The van der Waals surface area contributed by atoms with Gasteiger partial charge in [0.1, 0.15) is 0 Å². The Hall–Kier alpha value is -3.23. The van der Waals surface area contributed by atoms with Gasteiger partial charge < -0.3 is 20.1 Å². The van der Waals surface area contributed by atoms with Crippen LogP contribution in [0.25, 0.3) is 0 Å². The second-order valence-electron chi connectivity index (χ2n) is 5.71. The zero-order valence-electron chi connectivity index (χ0n) is 15.2. The van der Waals surface area contributed by atoms with Crippen LogP contribution in [0.15, 0.2) is 48.5 Å². The summed E-state index contributed by atoms with van der Waals surface area (Å²) in [5.74, 6) is -0.895. The number of halogens is 3. The number of carbonyl (C=O) groups excluding carboxylic acids is 2. The van der Waals surface area contributed by atoms with E-state index >= 15 is 0 Å². The molecular formula is C19H19F3N2O4. The van der Waals surface area contributed by atoms with Crippen molar-refractivity contribution in [1.29, 1.82) is 0 Å². The Balaban J connectivity index is 2.01. The van der Waals surface area contributed by atoms with Crippen LogP contribution in [0.3, 0.4) is 0 Å². The summed E-state index contributed by atoms with van der Waals surface area (Å²) in [4.78, 5) is 24.1. The molecule has 0 aromatic heterocycles. The van der Waals surface area contributed by atoms with Crippen LogP contribution >= 0.6 is 0 Å². The largest absolute Gasteiger partial charge is 0.493 e. The molecule has 0 saturated carbocycles. The fourth-order valence-electron chi connectivity index (χ4n) is 2.45. The number of hydrogen-bond acceptors (Lipinski definition) is 4. The molecule has 2 amide bonds. The second kappa shape index (κ2) is 9.12. The number of alkyl halides is 3. The van der Waals surface area contributed by atoms with Crippen LogP contribution in [-0.2, 0) is 4.79 Å². The van der Waals surface area contributed by atoms with Crippen molar-refractivity contribution in [3.63, 3.8) is 0 Å². The Kier molecular flexibility index (Phi) is 6.86. The molecule has 0 aliphatic carbocycles. The molecule has 2 N–H and O–H groups in total. The number of benzene rings is 2. The van der Waals surface area contributed by atoms with Crippen molar-refractivity contribution in [1.82, 2.24) is 10.6 Å². The predicted octanol–water partition coefficient (Wildman–Crippen LogP) is 2.85. The molecule has 2 rings (SSSR count). The molecule has 0 aliphatic heterocycles. The Morgan fingerprint density at radius 1 is 1.00 bits per heavy atom. The van der Waals surface area contributed by atoms with Gasteiger partial charge >= 0.3 is 6.18 Å². The summed E-state index contributed by atoms with van der Waals surface area (Å²) in [6.07, 6.45) is -4.68. The third kappa shape index (κ3) is 5.38. The van der Waals surface area contributed by atoms with E-state index < -0.39 is 30.6 Å². The Bertz CT molecular complexity index is 826. The first-order valence-electron chi connectivity index (χ1n) is 8.17. The summed E-state index contributed by atoms with van der Waals surface area (Å²) < 4.78 is 49.9. The van der Waals surface area contributed by atoms with Crippen molar-refractivity contribution in [3.8, 4) is 11.5 Å². The van der Waals surface area contributed by atoms with Crippen LogP contribution in [0.1, 0.15) is 22.0 Å². The van der Waals surface area contributed by atoms with Gasteiger partial charge in [-0.1, -0.05) is 30.3 Å². The molecule has 0 bridgehead atoms. The highest BCUT2D eigenvalue weighted by Gasteiger charge is 2.41. The fraction of sp³-hybridized carbons (Fsp3) is 0.263. The minimum absolute atomic E-state index is 0.102. The number of ether oxygens (including phenoxy) is 2. The number of amides is 2. The van der Waals surface area contributed by atoms with Crippen molar-refractivity contribution in [2.75, 3.05) is 20.8 Å². The molecule has 2 aromatic carbocycles. The summed E-state index contributed by atoms with van der Waals surface area (Å²) in [7, 11) is 2.83. The summed E-state index contributed by atoms with van der Waals surface area (Å²) in [6.45, 7) is -0.618. The van der Waals surface area contributed by atoms with Gasteiger partial charge in [0.2, 0.25) is 5.91 Å². The SMILES string of the molecule is COc1ccc(C(=O)NCC(=O)NC(c2ccccc2)C(F)(F)F)cc1OC. The Morgan fingerprint density at radius 3 is 2.21 bits per heavy atom. The monoisotopic (exact) mass is 396 g/mol. The zero-order valence-corrected chi connectivity index (χ0v) is 15.2. The fourth-order valence-corrected chi connectivity index (χ4v) is 2.45. The first-order valence-corrected chi connectivity index (χ1v) is 8.17. The van der Waals surface area contributed by atoms with Crippen molar-refractivity contribution in [2.24, 2.45) is 0 Å². The van der Waals surface area contributed by atoms with Gasteiger partial charge in [0.05, 0.1) is 20.8 Å². The van der Waals surface area contributed by atoms with Gasteiger partial charge in [0, 0.05) is 5.56 Å². The van der Waals surface area contributed by atoms with Crippen molar-refractivity contribution >= 4 is 11.8 Å². The first kappa shape index (κ1) is 21.1. The Morgan fingerprint density at radius 2 is 1.64 bits per heavy atom. The number of hydrogen-bond donors (Lipinski definition) is 2. The van der Waals surface area contributed by atoms with E-state index in [4.69, 9.17) is 9.47 Å². The van der Waals surface area contributed by atoms with Gasteiger partial charge in [-0.05, 0) is 23.8 Å². The lowest BCUT2D eigenvalue weighted by atomic mass is 10.1. The van der Waals surface area contributed by atoms with E-state index in [1.807, 2.05) is 5.32 Å². The lowest BCUT2D eigenvalue weighted by Crippen LogP contribution is -2.43. The maximum absolute atomic E-state index is 13.3. The molecule has 28 heavy (non-hydrogen) atoms. The quantitative estimate of drug-likeness (QED) is 0.755. The third-order valence-electron chi connectivity index (χ3n) is 3.82. The zero-order chi connectivity index (χ0) is 20.7. The van der Waals surface area contributed by atoms with Crippen LogP contribution in [0, 0.1) is 0 Å². The van der Waals surface area contributed by atoms with E-state index in [2.05, 4.69) is 5.32 Å². The molecule has 9 heteroatoms. The Labute approximate surface area is 159 Å². The van der Waals surface area contributed by atoms with Crippen molar-refractivity contribution in [2.45, 2.75) is 12.2 Å². The third-order valence-corrected chi connectivity index (χ3v) is 3.82. The normalized spacial score (nSPS) is 12.0. The maximum Gasteiger partial charge on any atom is 0.412 e. The first-order chi connectivity index (χ1) is 13.3. The topological polar surface area (TPSA) is 76.7 Å².